The molecular formula is C11H12N2O2. The number of benzene rings is 1. The summed E-state index contributed by atoms with van der Waals surface area (Å²) in [4.78, 5) is 11.0. The van der Waals surface area contributed by atoms with Gasteiger partial charge in [0.05, 0.1) is 25.2 Å². The van der Waals surface area contributed by atoms with Crippen LogP contribution in [-0.2, 0) is 9.53 Å². The highest BCUT2D eigenvalue weighted by atomic mass is 16.5. The lowest BCUT2D eigenvalue weighted by molar-refractivity contribution is -0.141. The van der Waals surface area contributed by atoms with Gasteiger partial charge in [-0.2, -0.15) is 5.26 Å². The topological polar surface area (TPSA) is 76.1 Å². The van der Waals surface area contributed by atoms with Crippen LogP contribution in [0.3, 0.4) is 0 Å². The van der Waals surface area contributed by atoms with Gasteiger partial charge >= 0.3 is 5.97 Å². The number of nitrogens with two attached hydrogens (primary N) is 1. The number of carbonyl (C=O) groups is 1. The van der Waals surface area contributed by atoms with E-state index in [1.165, 1.54) is 7.11 Å². The van der Waals surface area contributed by atoms with Crippen LogP contribution in [0.15, 0.2) is 24.3 Å². The van der Waals surface area contributed by atoms with Gasteiger partial charge in [-0.25, -0.2) is 0 Å². The quantitative estimate of drug-likeness (QED) is 0.748. The van der Waals surface area contributed by atoms with Crippen molar-refractivity contribution < 1.29 is 9.53 Å². The second-order valence-corrected chi connectivity index (χ2v) is 3.12. The molecule has 0 radical (unpaired) electrons. The maximum Gasteiger partial charge on any atom is 0.307 e. The molecule has 0 aliphatic heterocycles. The molecule has 1 unspecified atom stereocenters. The molecule has 0 heterocycles. The summed E-state index contributed by atoms with van der Waals surface area (Å²) in [6, 6.07) is 8.48. The molecule has 78 valence electrons. The molecule has 1 aromatic carbocycles. The average molecular weight is 204 g/mol. The summed E-state index contributed by atoms with van der Waals surface area (Å²) in [6.45, 7) is 0. The Morgan fingerprint density at radius 3 is 3.00 bits per heavy atom. The lowest BCUT2D eigenvalue weighted by atomic mass is 10.0. The fourth-order valence-electron chi connectivity index (χ4n) is 1.22. The first-order valence-electron chi connectivity index (χ1n) is 4.50. The zero-order valence-electron chi connectivity index (χ0n) is 8.43. The number of esters is 1. The van der Waals surface area contributed by atoms with Crippen LogP contribution in [0.5, 0.6) is 0 Å². The van der Waals surface area contributed by atoms with Crippen LogP contribution in [-0.4, -0.2) is 13.1 Å². The van der Waals surface area contributed by atoms with Gasteiger partial charge in [0, 0.05) is 6.04 Å². The van der Waals surface area contributed by atoms with E-state index in [4.69, 9.17) is 11.0 Å². The molecule has 4 heteroatoms. The van der Waals surface area contributed by atoms with Gasteiger partial charge in [-0.3, -0.25) is 4.79 Å². The van der Waals surface area contributed by atoms with Crippen molar-refractivity contribution in [2.45, 2.75) is 12.5 Å². The predicted octanol–water partition coefficient (Wildman–Crippen LogP) is 1.12. The summed E-state index contributed by atoms with van der Waals surface area (Å²) in [7, 11) is 1.32. The minimum Gasteiger partial charge on any atom is -0.469 e. The number of hydrogen-bond acceptors (Lipinski definition) is 4. The van der Waals surface area contributed by atoms with Crippen molar-refractivity contribution in [3.05, 3.63) is 35.4 Å². The third kappa shape index (κ3) is 3.08. The van der Waals surface area contributed by atoms with Crippen molar-refractivity contribution in [3.63, 3.8) is 0 Å². The first-order chi connectivity index (χ1) is 7.17. The minimum absolute atomic E-state index is 0.116. The molecule has 0 aromatic heterocycles. The van der Waals surface area contributed by atoms with Crippen molar-refractivity contribution in [2.24, 2.45) is 5.73 Å². The molecule has 0 aliphatic rings. The van der Waals surface area contributed by atoms with E-state index in [2.05, 4.69) is 4.74 Å². The van der Waals surface area contributed by atoms with E-state index in [0.717, 1.165) is 5.56 Å². The molecular weight excluding hydrogens is 192 g/mol. The van der Waals surface area contributed by atoms with Crippen molar-refractivity contribution >= 4 is 5.97 Å². The summed E-state index contributed by atoms with van der Waals surface area (Å²) >= 11 is 0. The molecule has 0 aliphatic carbocycles. The SMILES string of the molecule is COC(=O)CC(N)c1cccc(C#N)c1. The highest BCUT2D eigenvalue weighted by Crippen LogP contribution is 2.15. The van der Waals surface area contributed by atoms with Gasteiger partial charge in [0.1, 0.15) is 0 Å². The van der Waals surface area contributed by atoms with Crippen LogP contribution in [0.4, 0.5) is 0 Å². The van der Waals surface area contributed by atoms with Crippen LogP contribution >= 0.6 is 0 Å². The Labute approximate surface area is 88.3 Å². The number of hydrogen-bond donors (Lipinski definition) is 1. The van der Waals surface area contributed by atoms with Crippen LogP contribution in [0.1, 0.15) is 23.6 Å². The van der Waals surface area contributed by atoms with Crippen LogP contribution in [0.25, 0.3) is 0 Å². The van der Waals surface area contributed by atoms with Gasteiger partial charge in [0.15, 0.2) is 0 Å². The highest BCUT2D eigenvalue weighted by Gasteiger charge is 2.11. The molecule has 0 spiro atoms. The molecule has 2 N–H and O–H groups in total. The van der Waals surface area contributed by atoms with E-state index >= 15 is 0 Å². The highest BCUT2D eigenvalue weighted by molar-refractivity contribution is 5.70. The summed E-state index contributed by atoms with van der Waals surface area (Å²) in [5, 5.41) is 8.69. The molecule has 0 saturated carbocycles. The maximum absolute atomic E-state index is 11.0. The van der Waals surface area contributed by atoms with Gasteiger partial charge in [0.2, 0.25) is 0 Å². The van der Waals surface area contributed by atoms with E-state index < -0.39 is 6.04 Å². The summed E-state index contributed by atoms with van der Waals surface area (Å²) in [5.41, 5.74) is 7.08. The smallest absolute Gasteiger partial charge is 0.307 e. The van der Waals surface area contributed by atoms with Crippen molar-refractivity contribution in [1.82, 2.24) is 0 Å². The van der Waals surface area contributed by atoms with E-state index in [9.17, 15) is 4.79 Å². The predicted molar refractivity (Wildman–Crippen MR) is 54.7 cm³/mol. The summed E-state index contributed by atoms with van der Waals surface area (Å²) in [6.07, 6.45) is 0.116. The Bertz CT molecular complexity index is 396. The van der Waals surface area contributed by atoms with Crippen molar-refractivity contribution in [2.75, 3.05) is 7.11 Å². The molecule has 0 bridgehead atoms. The summed E-state index contributed by atoms with van der Waals surface area (Å²) in [5.74, 6) is -0.357. The van der Waals surface area contributed by atoms with E-state index in [1.54, 1.807) is 24.3 Å². The number of carbonyl (C=O) groups excluding carboxylic acids is 1. The molecule has 4 nitrogen and oxygen atoms in total. The molecule has 0 saturated heterocycles. The molecule has 0 fully saturated rings. The van der Waals surface area contributed by atoms with Gasteiger partial charge < -0.3 is 10.5 Å². The van der Waals surface area contributed by atoms with Gasteiger partial charge in [-0.05, 0) is 17.7 Å². The molecule has 1 rings (SSSR count). The normalized spacial score (nSPS) is 11.5. The second kappa shape index (κ2) is 5.13. The lowest BCUT2D eigenvalue weighted by Crippen LogP contribution is -2.16. The van der Waals surface area contributed by atoms with Crippen LogP contribution in [0.2, 0.25) is 0 Å². The minimum atomic E-state index is -0.425. The number of ether oxygens (including phenoxy) is 1. The van der Waals surface area contributed by atoms with Gasteiger partial charge in [-0.15, -0.1) is 0 Å². The Balaban J connectivity index is 2.78. The lowest BCUT2D eigenvalue weighted by Gasteiger charge is -2.10. The summed E-state index contributed by atoms with van der Waals surface area (Å²) < 4.78 is 4.51. The van der Waals surface area contributed by atoms with E-state index in [1.807, 2.05) is 6.07 Å². The molecule has 0 amide bonds. The number of nitriles is 1. The first kappa shape index (κ1) is 11.2. The standard InChI is InChI=1S/C11H12N2O2/c1-15-11(14)6-10(13)9-4-2-3-8(5-9)7-12/h2-5,10H,6,13H2,1H3. The second-order valence-electron chi connectivity index (χ2n) is 3.12. The zero-order chi connectivity index (χ0) is 11.3. The average Bonchev–Trinajstić information content (AvgIpc) is 2.28. The fraction of sp³-hybridized carbons (Fsp3) is 0.273. The number of methoxy groups -OCH3 is 1. The maximum atomic E-state index is 11.0. The molecule has 1 aromatic rings. The monoisotopic (exact) mass is 204 g/mol. The number of nitrogens with zero attached hydrogens (tertiary/aromatic N) is 1. The van der Waals surface area contributed by atoms with E-state index in [-0.39, 0.29) is 12.4 Å². The Morgan fingerprint density at radius 2 is 2.40 bits per heavy atom. The third-order valence-corrected chi connectivity index (χ3v) is 2.06. The Hall–Kier alpha value is -1.86. The third-order valence-electron chi connectivity index (χ3n) is 2.06. The molecule has 15 heavy (non-hydrogen) atoms. The first-order valence-corrected chi connectivity index (χ1v) is 4.50. The van der Waals surface area contributed by atoms with Gasteiger partial charge in [-0.1, -0.05) is 12.1 Å². The zero-order valence-corrected chi connectivity index (χ0v) is 8.43. The van der Waals surface area contributed by atoms with Gasteiger partial charge in [0.25, 0.3) is 0 Å². The fourth-order valence-corrected chi connectivity index (χ4v) is 1.22. The Kier molecular flexibility index (Phi) is 3.83. The van der Waals surface area contributed by atoms with E-state index in [0.29, 0.717) is 5.56 Å². The van der Waals surface area contributed by atoms with Crippen molar-refractivity contribution in [1.29, 1.82) is 5.26 Å². The molecule has 1 atom stereocenters. The Morgan fingerprint density at radius 1 is 1.67 bits per heavy atom. The van der Waals surface area contributed by atoms with Crippen molar-refractivity contribution in [3.8, 4) is 6.07 Å². The van der Waals surface area contributed by atoms with Crippen LogP contribution in [0, 0.1) is 11.3 Å². The number of rotatable bonds is 3. The van der Waals surface area contributed by atoms with Crippen LogP contribution < -0.4 is 5.73 Å². The largest absolute Gasteiger partial charge is 0.469 e.